The molecule has 9 rings (SSSR count). The second-order valence-corrected chi connectivity index (χ2v) is 26.6. The summed E-state index contributed by atoms with van der Waals surface area (Å²) in [5.41, 5.74) is 5.92. The number of aliphatic hydroxyl groups is 1. The zero-order chi connectivity index (χ0) is 48.6. The molecule has 7 fully saturated rings. The largest absolute Gasteiger partial charge is 0.469 e. The molecule has 0 spiro atoms. The van der Waals surface area contributed by atoms with Crippen LogP contribution in [0.25, 0.3) is 0 Å². The van der Waals surface area contributed by atoms with Crippen LogP contribution in [0.15, 0.2) is 66.1 Å². The maximum absolute atomic E-state index is 14.9. The Labute approximate surface area is 421 Å². The number of fused-ring (bicyclic) bond motifs is 7. The van der Waals surface area contributed by atoms with Gasteiger partial charge in [-0.25, -0.2) is 0 Å². The molecule has 0 aromatic carbocycles. The lowest BCUT2D eigenvalue weighted by atomic mass is 9.36. The zero-order valence-corrected chi connectivity index (χ0v) is 44.6. The number of pyridine rings is 1. The number of amides is 2. The fourth-order valence-corrected chi connectivity index (χ4v) is 18.5. The van der Waals surface area contributed by atoms with E-state index >= 15 is 0 Å². The molecule has 0 saturated heterocycles. The smallest absolute Gasteiger partial charge is 0.305 e. The average molecular weight is 1040 g/mol. The van der Waals surface area contributed by atoms with E-state index in [-0.39, 0.29) is 55.0 Å². The molecule has 0 radical (unpaired) electrons. The van der Waals surface area contributed by atoms with Crippen molar-refractivity contribution in [3.05, 3.63) is 77.3 Å². The fraction of sp³-hybridized carbons (Fsp3) is 0.724. The highest BCUT2D eigenvalue weighted by atomic mass is 127. The standard InChI is InChI=1S/C58H83IN4O5/c1-34(2)41-19-25-57(26-27-58(59)45(51(41)57)15-17-48-55(7)23-21-49(64)54(5,6)47(55)20-24-56(48,58)8)53(67)60-28-22-37-11-10-12-38(30-37)36(4)61-33-40-14-13-39(32-62-40)52(66)63-46(16-18-50(65)68-9)44-31-43(44)42-29-35(42)3/h11,13-14,30,32,35,41-49,51,61,64H,1,4,10,12,15-29,31,33H2,2-3,5-9H3,(H,60,67)(H,63,66). The summed E-state index contributed by atoms with van der Waals surface area (Å²) in [7, 11) is 1.41. The topological polar surface area (TPSA) is 130 Å². The van der Waals surface area contributed by atoms with E-state index in [0.29, 0.717) is 72.9 Å². The van der Waals surface area contributed by atoms with Crippen molar-refractivity contribution in [3.63, 3.8) is 0 Å². The summed E-state index contributed by atoms with van der Waals surface area (Å²) in [4.78, 5) is 44.8. The maximum atomic E-state index is 14.9. The van der Waals surface area contributed by atoms with Gasteiger partial charge in [0, 0.05) is 34.3 Å². The van der Waals surface area contributed by atoms with E-state index in [0.717, 1.165) is 87.4 Å². The molecular formula is C58H83IN4O5. The number of hydrogen-bond acceptors (Lipinski definition) is 7. The van der Waals surface area contributed by atoms with E-state index in [1.165, 1.54) is 55.9 Å². The molecule has 68 heavy (non-hydrogen) atoms. The number of esters is 1. The highest BCUT2D eigenvalue weighted by Crippen LogP contribution is 2.77. The molecule has 10 heteroatoms. The molecule has 0 bridgehead atoms. The number of halogens is 1. The number of carbonyl (C=O) groups excluding carboxylic acids is 3. The quantitative estimate of drug-likeness (QED) is 0.0562. The molecule has 372 valence electrons. The van der Waals surface area contributed by atoms with Gasteiger partial charge in [-0.1, -0.05) is 88.1 Å². The van der Waals surface area contributed by atoms with E-state index in [2.05, 4.69) is 110 Å². The number of nitrogens with zero attached hydrogens (tertiary/aromatic N) is 1. The number of methoxy groups -OCH3 is 1. The predicted octanol–water partition coefficient (Wildman–Crippen LogP) is 11.4. The van der Waals surface area contributed by atoms with E-state index < -0.39 is 0 Å². The van der Waals surface area contributed by atoms with Crippen LogP contribution in [0, 0.1) is 74.9 Å². The van der Waals surface area contributed by atoms with Gasteiger partial charge >= 0.3 is 5.97 Å². The Bertz CT molecular complexity index is 2220. The Hall–Kier alpha value is -2.99. The number of aromatic nitrogens is 1. The van der Waals surface area contributed by atoms with Crippen LogP contribution in [0.5, 0.6) is 0 Å². The van der Waals surface area contributed by atoms with Crippen LogP contribution >= 0.6 is 22.6 Å². The van der Waals surface area contributed by atoms with Gasteiger partial charge in [-0.05, 0) is 202 Å². The number of aliphatic hydroxyl groups excluding tert-OH is 1. The highest BCUT2D eigenvalue weighted by molar-refractivity contribution is 14.1. The SMILES string of the molecule is C=C(NCc1ccc(C(=O)NC(CCC(=O)OC)C2CC2C2CC2C)cn1)C1=CC(CCNC(=O)C23CCC(C(=C)C)C2C2CCC4C5(C)CCC(O)C(C)(C)C5CCC4(C)C2(I)CC3)=CCC1. The Morgan fingerprint density at radius 2 is 1.74 bits per heavy atom. The first-order valence-electron chi connectivity index (χ1n) is 26.7. The number of rotatable bonds is 16. The maximum Gasteiger partial charge on any atom is 0.305 e. The Balaban J connectivity index is 0.789. The minimum atomic E-state index is -0.344. The molecule has 1 heterocycles. The molecular weight excluding hydrogens is 960 g/mol. The second kappa shape index (κ2) is 18.9. The van der Waals surface area contributed by atoms with Crippen LogP contribution in [0.1, 0.15) is 167 Å². The summed E-state index contributed by atoms with van der Waals surface area (Å²) in [5.74, 6) is 4.84. The van der Waals surface area contributed by atoms with E-state index in [4.69, 9.17) is 4.74 Å². The van der Waals surface area contributed by atoms with Crippen LogP contribution < -0.4 is 16.0 Å². The minimum Gasteiger partial charge on any atom is -0.469 e. The molecule has 15 unspecified atom stereocenters. The van der Waals surface area contributed by atoms with Gasteiger partial charge in [-0.3, -0.25) is 19.4 Å². The third kappa shape index (κ3) is 8.79. The predicted molar refractivity (Wildman–Crippen MR) is 278 cm³/mol. The van der Waals surface area contributed by atoms with Crippen molar-refractivity contribution in [2.45, 2.75) is 173 Å². The van der Waals surface area contributed by atoms with Gasteiger partial charge < -0.3 is 25.8 Å². The Morgan fingerprint density at radius 3 is 2.44 bits per heavy atom. The first kappa shape index (κ1) is 50.0. The third-order valence-corrected chi connectivity index (χ3v) is 23.5. The van der Waals surface area contributed by atoms with Crippen LogP contribution in [-0.4, -0.2) is 57.1 Å². The molecule has 4 N–H and O–H groups in total. The molecule has 8 aliphatic carbocycles. The Morgan fingerprint density at radius 1 is 0.956 bits per heavy atom. The van der Waals surface area contributed by atoms with Gasteiger partial charge in [0.1, 0.15) is 0 Å². The number of carbonyl (C=O) groups is 3. The van der Waals surface area contributed by atoms with E-state index in [1.807, 2.05) is 12.1 Å². The third-order valence-electron chi connectivity index (χ3n) is 20.9. The molecule has 15 atom stereocenters. The fourth-order valence-electron chi connectivity index (χ4n) is 16.9. The summed E-state index contributed by atoms with van der Waals surface area (Å²) in [6.07, 6.45) is 22.8. The van der Waals surface area contributed by atoms with Crippen molar-refractivity contribution in [2.24, 2.45) is 74.9 Å². The summed E-state index contributed by atoms with van der Waals surface area (Å²) in [6.45, 7) is 24.5. The highest BCUT2D eigenvalue weighted by Gasteiger charge is 2.72. The zero-order valence-electron chi connectivity index (χ0n) is 42.5. The minimum absolute atomic E-state index is 0.0457. The van der Waals surface area contributed by atoms with Crippen molar-refractivity contribution in [2.75, 3.05) is 13.7 Å². The molecule has 2 amide bonds. The molecule has 9 nitrogen and oxygen atoms in total. The summed E-state index contributed by atoms with van der Waals surface area (Å²) >= 11 is 2.97. The normalized spacial score (nSPS) is 40.1. The lowest BCUT2D eigenvalue weighted by Gasteiger charge is -2.72. The lowest BCUT2D eigenvalue weighted by Crippen LogP contribution is -2.69. The molecule has 7 saturated carbocycles. The van der Waals surface area contributed by atoms with Gasteiger partial charge in [-0.15, -0.1) is 0 Å². The van der Waals surface area contributed by atoms with Crippen molar-refractivity contribution in [1.82, 2.24) is 20.9 Å². The molecule has 1 aromatic rings. The summed E-state index contributed by atoms with van der Waals surface area (Å²) in [5, 5.41) is 21.5. The summed E-state index contributed by atoms with van der Waals surface area (Å²) < 4.78 is 5.04. The number of ether oxygens (including phenoxy) is 1. The van der Waals surface area contributed by atoms with Crippen LogP contribution in [-0.2, 0) is 20.9 Å². The second-order valence-electron chi connectivity index (χ2n) is 24.7. The molecule has 1 aromatic heterocycles. The van der Waals surface area contributed by atoms with Gasteiger partial charge in [-0.2, -0.15) is 0 Å². The lowest BCUT2D eigenvalue weighted by molar-refractivity contribution is -0.204. The van der Waals surface area contributed by atoms with Crippen molar-refractivity contribution >= 4 is 40.4 Å². The van der Waals surface area contributed by atoms with Crippen LogP contribution in [0.4, 0.5) is 0 Å². The van der Waals surface area contributed by atoms with Crippen molar-refractivity contribution < 1.29 is 24.2 Å². The first-order chi connectivity index (χ1) is 32.3. The molecule has 8 aliphatic rings. The van der Waals surface area contributed by atoms with Crippen LogP contribution in [0.3, 0.4) is 0 Å². The Kier molecular flexibility index (Phi) is 13.9. The number of hydrogen-bond donors (Lipinski definition) is 4. The van der Waals surface area contributed by atoms with Gasteiger partial charge in [0.2, 0.25) is 5.91 Å². The molecule has 0 aliphatic heterocycles. The first-order valence-corrected chi connectivity index (χ1v) is 27.8. The van der Waals surface area contributed by atoms with Crippen LogP contribution in [0.2, 0.25) is 0 Å². The number of allylic oxidation sites excluding steroid dienone is 4. The van der Waals surface area contributed by atoms with E-state index in [1.54, 1.807) is 6.20 Å². The summed E-state index contributed by atoms with van der Waals surface area (Å²) in [6, 6.07) is 3.68. The van der Waals surface area contributed by atoms with Crippen molar-refractivity contribution in [3.8, 4) is 0 Å². The van der Waals surface area contributed by atoms with Gasteiger partial charge in [0.25, 0.3) is 5.91 Å². The monoisotopic (exact) mass is 1040 g/mol. The van der Waals surface area contributed by atoms with E-state index in [9.17, 15) is 19.5 Å². The average Bonchev–Trinajstić information content (AvgIpc) is 4.23. The van der Waals surface area contributed by atoms with Gasteiger partial charge in [0.15, 0.2) is 0 Å². The number of alkyl halides is 1. The van der Waals surface area contributed by atoms with Gasteiger partial charge in [0.05, 0.1) is 36.4 Å². The van der Waals surface area contributed by atoms with Crippen molar-refractivity contribution in [1.29, 1.82) is 0 Å². The number of nitrogens with one attached hydrogen (secondary N) is 3.